The van der Waals surface area contributed by atoms with E-state index in [2.05, 4.69) is 44.1 Å². The topological polar surface area (TPSA) is 115 Å². The number of rotatable bonds is 7. The number of hydrogen-bond donors (Lipinski definition) is 2. The zero-order valence-electron chi connectivity index (χ0n) is 21.0. The van der Waals surface area contributed by atoms with Crippen molar-refractivity contribution in [2.75, 3.05) is 5.32 Å². The first kappa shape index (κ1) is 24.4. The molecule has 4 heterocycles. The summed E-state index contributed by atoms with van der Waals surface area (Å²) in [7, 11) is 0. The van der Waals surface area contributed by atoms with Crippen molar-refractivity contribution in [1.29, 1.82) is 0 Å². The molecule has 1 aliphatic rings. The Balaban J connectivity index is 1.51. The van der Waals surface area contributed by atoms with Crippen LogP contribution in [0.1, 0.15) is 38.2 Å². The van der Waals surface area contributed by atoms with Crippen molar-refractivity contribution in [3.8, 4) is 22.8 Å². The molecule has 1 aliphatic carbocycles. The molecular weight excluding hydrogens is 502 g/mol. The highest BCUT2D eigenvalue weighted by molar-refractivity contribution is 6.30. The molecule has 1 saturated carbocycles. The molecule has 0 bridgehead atoms. The molecule has 5 aromatic rings. The number of fused-ring (bicyclic) bond motifs is 1. The van der Waals surface area contributed by atoms with Crippen molar-refractivity contribution in [2.45, 2.75) is 45.7 Å². The van der Waals surface area contributed by atoms with Crippen LogP contribution in [0.2, 0.25) is 5.02 Å². The van der Waals surface area contributed by atoms with Crippen LogP contribution in [0.15, 0.2) is 64.2 Å². The van der Waals surface area contributed by atoms with Crippen molar-refractivity contribution >= 4 is 28.6 Å². The number of pyridine rings is 2. The van der Waals surface area contributed by atoms with Gasteiger partial charge >= 0.3 is 5.76 Å². The Hall–Kier alpha value is -3.98. The van der Waals surface area contributed by atoms with Crippen LogP contribution >= 0.6 is 11.6 Å². The number of aromatic nitrogens is 6. The van der Waals surface area contributed by atoms with Crippen LogP contribution in [-0.4, -0.2) is 29.7 Å². The molecule has 0 atom stereocenters. The lowest BCUT2D eigenvalue weighted by Gasteiger charge is -2.27. The highest BCUT2D eigenvalue weighted by atomic mass is 35.5. The minimum atomic E-state index is -0.643. The maximum absolute atomic E-state index is 11.7. The van der Waals surface area contributed by atoms with Gasteiger partial charge in [0, 0.05) is 31.0 Å². The molecule has 9 nitrogen and oxygen atoms in total. The number of aromatic amines is 1. The molecule has 0 saturated heterocycles. The SMILES string of the molecule is CC1CCC(Cn2c(NCc3ccccc3)nc3cc(-c4noc(=O)[nH]4)nc(-c4cncc(Cl)c4)c32)CC1. The molecule has 4 aromatic heterocycles. The lowest BCUT2D eigenvalue weighted by Crippen LogP contribution is -2.19. The van der Waals surface area contributed by atoms with Gasteiger partial charge in [0.25, 0.3) is 0 Å². The fraction of sp³-hybridized carbons (Fsp3) is 0.321. The molecule has 2 N–H and O–H groups in total. The van der Waals surface area contributed by atoms with Gasteiger partial charge in [-0.1, -0.05) is 66.9 Å². The molecule has 0 unspecified atom stereocenters. The van der Waals surface area contributed by atoms with Gasteiger partial charge in [0.2, 0.25) is 11.8 Å². The van der Waals surface area contributed by atoms with Gasteiger partial charge in [0.1, 0.15) is 5.69 Å². The second-order valence-corrected chi connectivity index (χ2v) is 10.5. The number of H-pyrrole nitrogens is 1. The van der Waals surface area contributed by atoms with E-state index in [0.29, 0.717) is 28.9 Å². The van der Waals surface area contributed by atoms with Gasteiger partial charge in [0.05, 0.1) is 21.7 Å². The van der Waals surface area contributed by atoms with E-state index >= 15 is 0 Å². The molecule has 10 heteroatoms. The monoisotopic (exact) mass is 529 g/mol. The second kappa shape index (κ2) is 10.4. The standard InChI is InChI=1S/C28H28ClN7O2/c1-17-7-9-19(10-8-17)16-36-25-22(33-27(36)31-13-18-5-3-2-4-6-18)12-23(26-34-28(37)38-35-26)32-24(25)20-11-21(29)15-30-14-20/h2-6,11-12,14-15,17,19H,7-10,13,16H2,1H3,(H,31,33)(H,34,35,37). The number of benzene rings is 1. The van der Waals surface area contributed by atoms with Crippen molar-refractivity contribution in [2.24, 2.45) is 11.8 Å². The van der Waals surface area contributed by atoms with Gasteiger partial charge in [-0.3, -0.25) is 14.5 Å². The van der Waals surface area contributed by atoms with Crippen LogP contribution in [0.3, 0.4) is 0 Å². The van der Waals surface area contributed by atoms with E-state index in [1.165, 1.54) is 25.7 Å². The third-order valence-corrected chi connectivity index (χ3v) is 7.46. The summed E-state index contributed by atoms with van der Waals surface area (Å²) < 4.78 is 7.00. The average molecular weight is 530 g/mol. The molecule has 1 fully saturated rings. The van der Waals surface area contributed by atoms with E-state index in [-0.39, 0.29) is 5.82 Å². The van der Waals surface area contributed by atoms with Crippen LogP contribution in [0.5, 0.6) is 0 Å². The second-order valence-electron chi connectivity index (χ2n) is 10.1. The Morgan fingerprint density at radius 3 is 2.66 bits per heavy atom. The summed E-state index contributed by atoms with van der Waals surface area (Å²) in [4.78, 5) is 28.5. The first-order valence-corrected chi connectivity index (χ1v) is 13.3. The van der Waals surface area contributed by atoms with Crippen LogP contribution in [0.25, 0.3) is 33.8 Å². The van der Waals surface area contributed by atoms with E-state index in [4.69, 9.17) is 26.1 Å². The minimum absolute atomic E-state index is 0.239. The number of imidazole rings is 1. The summed E-state index contributed by atoms with van der Waals surface area (Å²) in [5.74, 6) is 1.67. The zero-order valence-corrected chi connectivity index (χ0v) is 21.8. The first-order valence-electron chi connectivity index (χ1n) is 12.9. The number of hydrogen-bond acceptors (Lipinski definition) is 7. The Labute approximate surface area is 224 Å². The Morgan fingerprint density at radius 1 is 1.11 bits per heavy atom. The van der Waals surface area contributed by atoms with E-state index in [1.54, 1.807) is 12.4 Å². The fourth-order valence-electron chi connectivity index (χ4n) is 5.22. The lowest BCUT2D eigenvalue weighted by atomic mass is 9.83. The summed E-state index contributed by atoms with van der Waals surface area (Å²) in [5.41, 5.74) is 4.65. The summed E-state index contributed by atoms with van der Waals surface area (Å²) >= 11 is 6.34. The first-order chi connectivity index (χ1) is 18.5. The molecule has 0 amide bonds. The van der Waals surface area contributed by atoms with Gasteiger partial charge in [-0.15, -0.1) is 0 Å². The number of halogens is 1. The van der Waals surface area contributed by atoms with E-state index in [0.717, 1.165) is 40.6 Å². The predicted molar refractivity (Wildman–Crippen MR) is 147 cm³/mol. The van der Waals surface area contributed by atoms with Crippen LogP contribution in [0.4, 0.5) is 5.95 Å². The van der Waals surface area contributed by atoms with Gasteiger partial charge < -0.3 is 9.88 Å². The van der Waals surface area contributed by atoms with Crippen molar-refractivity contribution in [3.63, 3.8) is 0 Å². The maximum Gasteiger partial charge on any atom is 0.439 e. The molecule has 0 radical (unpaired) electrons. The van der Waals surface area contributed by atoms with Crippen LogP contribution in [0, 0.1) is 11.8 Å². The normalized spacial score (nSPS) is 17.6. The average Bonchev–Trinajstić information content (AvgIpc) is 3.52. The highest BCUT2D eigenvalue weighted by Crippen LogP contribution is 2.36. The van der Waals surface area contributed by atoms with E-state index in [1.807, 2.05) is 30.3 Å². The third kappa shape index (κ3) is 5.06. The highest BCUT2D eigenvalue weighted by Gasteiger charge is 2.24. The summed E-state index contributed by atoms with van der Waals surface area (Å²) in [6, 6.07) is 13.9. The summed E-state index contributed by atoms with van der Waals surface area (Å²) in [6.45, 7) is 3.79. The smallest absolute Gasteiger partial charge is 0.352 e. The van der Waals surface area contributed by atoms with Crippen LogP contribution in [-0.2, 0) is 13.1 Å². The molecular formula is C28H28ClN7O2. The predicted octanol–water partition coefficient (Wildman–Crippen LogP) is 5.93. The van der Waals surface area contributed by atoms with E-state index in [9.17, 15) is 4.79 Å². The summed E-state index contributed by atoms with van der Waals surface area (Å²) in [5, 5.41) is 7.92. The van der Waals surface area contributed by atoms with Gasteiger partial charge in [-0.2, -0.15) is 0 Å². The fourth-order valence-corrected chi connectivity index (χ4v) is 5.39. The minimum Gasteiger partial charge on any atom is -0.352 e. The van der Waals surface area contributed by atoms with Crippen molar-refractivity contribution in [1.82, 2.24) is 29.7 Å². The Bertz CT molecular complexity index is 1620. The van der Waals surface area contributed by atoms with Gasteiger partial charge in [-0.25, -0.2) is 14.8 Å². The molecule has 0 spiro atoms. The van der Waals surface area contributed by atoms with Gasteiger partial charge in [-0.05, 0) is 42.4 Å². The quantitative estimate of drug-likeness (QED) is 0.268. The number of anilines is 1. The van der Waals surface area contributed by atoms with Crippen molar-refractivity contribution in [3.05, 3.63) is 76.0 Å². The molecule has 194 valence electrons. The molecule has 38 heavy (non-hydrogen) atoms. The van der Waals surface area contributed by atoms with Crippen molar-refractivity contribution < 1.29 is 4.52 Å². The maximum atomic E-state index is 11.7. The Kier molecular flexibility index (Phi) is 6.68. The largest absolute Gasteiger partial charge is 0.439 e. The Morgan fingerprint density at radius 2 is 1.92 bits per heavy atom. The van der Waals surface area contributed by atoms with E-state index < -0.39 is 5.76 Å². The molecule has 1 aromatic carbocycles. The number of nitrogens with one attached hydrogen (secondary N) is 2. The van der Waals surface area contributed by atoms with Crippen LogP contribution < -0.4 is 11.1 Å². The lowest BCUT2D eigenvalue weighted by molar-refractivity contribution is 0.267. The molecule has 6 rings (SSSR count). The third-order valence-electron chi connectivity index (χ3n) is 7.26. The zero-order chi connectivity index (χ0) is 26.1. The van der Waals surface area contributed by atoms with Gasteiger partial charge in [0.15, 0.2) is 0 Å². The summed E-state index contributed by atoms with van der Waals surface area (Å²) in [6.07, 6.45) is 8.15. The molecule has 0 aliphatic heterocycles. The number of nitrogens with zero attached hydrogens (tertiary/aromatic N) is 5.